The number of aliphatic hydroxyl groups excluding tert-OH is 1. The van der Waals surface area contributed by atoms with Crippen LogP contribution < -0.4 is 11.1 Å². The van der Waals surface area contributed by atoms with E-state index < -0.39 is 53.9 Å². The predicted molar refractivity (Wildman–Crippen MR) is 147 cm³/mol. The number of hydrogen-bond donors (Lipinski definition) is 3. The molecule has 0 aromatic carbocycles. The number of hydrogen-bond acceptors (Lipinski definition) is 9. The van der Waals surface area contributed by atoms with Gasteiger partial charge in [0.05, 0.1) is 25.0 Å². The zero-order valence-electron chi connectivity index (χ0n) is 24.1. The van der Waals surface area contributed by atoms with Crippen LogP contribution in [0.2, 0.25) is 0 Å². The third-order valence-electron chi connectivity index (χ3n) is 6.95. The van der Waals surface area contributed by atoms with Crippen molar-refractivity contribution in [2.45, 2.75) is 65.0 Å². The van der Waals surface area contributed by atoms with Gasteiger partial charge in [-0.2, -0.15) is 0 Å². The van der Waals surface area contributed by atoms with Crippen molar-refractivity contribution in [3.05, 3.63) is 58.6 Å². The van der Waals surface area contributed by atoms with Crippen molar-refractivity contribution in [2.75, 3.05) is 21.3 Å². The number of aliphatic hydroxyl groups is 1. The lowest BCUT2D eigenvalue weighted by Gasteiger charge is -2.29. The van der Waals surface area contributed by atoms with Crippen molar-refractivity contribution in [3.8, 4) is 0 Å². The summed E-state index contributed by atoms with van der Waals surface area (Å²) in [4.78, 5) is 50.6. The Labute approximate surface area is 234 Å². The van der Waals surface area contributed by atoms with Gasteiger partial charge in [-0.25, -0.2) is 4.79 Å². The second-order valence-corrected chi connectivity index (χ2v) is 10.1. The van der Waals surface area contributed by atoms with Gasteiger partial charge in [-0.3, -0.25) is 14.4 Å². The number of ketones is 2. The molecule has 4 unspecified atom stereocenters. The van der Waals surface area contributed by atoms with Gasteiger partial charge in [0.25, 0.3) is 5.91 Å². The number of nitrogens with two attached hydrogens (primary N) is 1. The van der Waals surface area contributed by atoms with E-state index in [0.29, 0.717) is 12.0 Å². The standard InChI is InChI=1S/C29H40N2O9/c1-15-11-19-25(34)20(14-21(32)27(19)39-7)31-28(35)16(2)9-8-10-22(37-5)26(40-29(30)36)18(4)13-17(3)24(33)23(12-15)38-6/h8-10,13-15,17,22-24,26,33H,11-12H2,1-7H3,(H2,30,36)(H,31,35)/b10-8-,16-9+,18-13+/t15?,17-,22?,23?,24+,26?/m0/s1. The SMILES string of the molecule is COC1=C2CC(C)CC(OC)[C@H](O)[C@@H](C)/C=C(\C)C(OC(N)=O)C(OC)/C=C\C=C(/C)C(=O)NC(=CC1=O)C2=O. The van der Waals surface area contributed by atoms with Gasteiger partial charge in [0, 0.05) is 37.4 Å². The topological polar surface area (TPSA) is 163 Å². The van der Waals surface area contributed by atoms with Crippen LogP contribution in [0.3, 0.4) is 0 Å². The fraction of sp³-hybridized carbons (Fsp3) is 0.517. The highest BCUT2D eigenvalue weighted by Crippen LogP contribution is 2.29. The molecule has 2 amide bonds. The first-order valence-electron chi connectivity index (χ1n) is 13.0. The molecule has 6 atom stereocenters. The minimum atomic E-state index is -1.00. The molecule has 4 N–H and O–H groups in total. The highest BCUT2D eigenvalue weighted by Gasteiger charge is 2.34. The molecule has 11 heteroatoms. The van der Waals surface area contributed by atoms with E-state index in [0.717, 1.165) is 6.08 Å². The molecule has 0 saturated heterocycles. The Bertz CT molecular complexity index is 1150. The van der Waals surface area contributed by atoms with Crippen molar-refractivity contribution in [3.63, 3.8) is 0 Å². The van der Waals surface area contributed by atoms with Crippen LogP contribution in [0.25, 0.3) is 0 Å². The summed E-state index contributed by atoms with van der Waals surface area (Å²) in [5.41, 5.74) is 6.12. The van der Waals surface area contributed by atoms with Crippen molar-refractivity contribution in [2.24, 2.45) is 17.6 Å². The van der Waals surface area contributed by atoms with Gasteiger partial charge in [0.1, 0.15) is 6.10 Å². The van der Waals surface area contributed by atoms with Crippen molar-refractivity contribution >= 4 is 23.6 Å². The number of amides is 2. The lowest BCUT2D eigenvalue weighted by Crippen LogP contribution is -2.37. The molecule has 11 nitrogen and oxygen atoms in total. The average molecular weight is 561 g/mol. The predicted octanol–water partition coefficient (Wildman–Crippen LogP) is 2.41. The molecule has 0 fully saturated rings. The molecule has 0 saturated carbocycles. The van der Waals surface area contributed by atoms with Crippen molar-refractivity contribution in [1.29, 1.82) is 0 Å². The second-order valence-electron chi connectivity index (χ2n) is 10.1. The van der Waals surface area contributed by atoms with Gasteiger partial charge >= 0.3 is 6.09 Å². The first-order chi connectivity index (χ1) is 18.8. The van der Waals surface area contributed by atoms with E-state index in [-0.39, 0.29) is 34.9 Å². The quantitative estimate of drug-likeness (QED) is 0.346. The molecule has 40 heavy (non-hydrogen) atoms. The molecule has 0 aromatic heterocycles. The molecule has 1 aliphatic carbocycles. The number of rotatable bonds is 4. The Morgan fingerprint density at radius 1 is 1.10 bits per heavy atom. The molecule has 2 aliphatic rings. The molecule has 2 rings (SSSR count). The summed E-state index contributed by atoms with van der Waals surface area (Å²) in [7, 11) is 4.21. The number of primary amides is 1. The van der Waals surface area contributed by atoms with E-state index in [1.165, 1.54) is 34.3 Å². The second kappa shape index (κ2) is 14.7. The van der Waals surface area contributed by atoms with Crippen LogP contribution in [0.15, 0.2) is 58.6 Å². The molecule has 0 spiro atoms. The summed E-state index contributed by atoms with van der Waals surface area (Å²) < 4.78 is 21.7. The third kappa shape index (κ3) is 8.23. The van der Waals surface area contributed by atoms with Gasteiger partial charge in [0.15, 0.2) is 11.9 Å². The number of fused-ring (bicyclic) bond motifs is 2. The summed E-state index contributed by atoms with van der Waals surface area (Å²) in [6.07, 6.45) is 3.61. The maximum absolute atomic E-state index is 13.3. The largest absolute Gasteiger partial charge is 0.492 e. The van der Waals surface area contributed by atoms with E-state index in [4.69, 9.17) is 24.7 Å². The first kappa shape index (κ1) is 32.7. The third-order valence-corrected chi connectivity index (χ3v) is 6.95. The van der Waals surface area contributed by atoms with Crippen LogP contribution in [-0.2, 0) is 33.3 Å². The van der Waals surface area contributed by atoms with Gasteiger partial charge in [-0.1, -0.05) is 38.2 Å². The lowest BCUT2D eigenvalue weighted by atomic mass is 9.85. The lowest BCUT2D eigenvalue weighted by molar-refractivity contribution is -0.120. The monoisotopic (exact) mass is 560 g/mol. The average Bonchev–Trinajstić information content (AvgIpc) is 2.90. The van der Waals surface area contributed by atoms with Crippen LogP contribution in [0.1, 0.15) is 40.5 Å². The van der Waals surface area contributed by atoms with E-state index >= 15 is 0 Å². The number of Topliss-reactive ketones (excluding diaryl/α,β-unsaturated/α-hetero) is 1. The Kier molecular flexibility index (Phi) is 12.0. The molecular weight excluding hydrogens is 520 g/mol. The summed E-state index contributed by atoms with van der Waals surface area (Å²) in [5.74, 6) is -2.39. The molecule has 0 radical (unpaired) electrons. The fourth-order valence-corrected chi connectivity index (χ4v) is 4.78. The minimum Gasteiger partial charge on any atom is -0.492 e. The smallest absolute Gasteiger partial charge is 0.405 e. The summed E-state index contributed by atoms with van der Waals surface area (Å²) in [6, 6.07) is 0. The number of nitrogens with one attached hydrogen (secondary N) is 1. The van der Waals surface area contributed by atoms with E-state index in [1.54, 1.807) is 32.1 Å². The molecule has 0 aromatic rings. The maximum atomic E-state index is 13.3. The molecule has 1 aliphatic heterocycles. The van der Waals surface area contributed by atoms with Crippen LogP contribution in [0, 0.1) is 11.8 Å². The zero-order chi connectivity index (χ0) is 30.1. The molecule has 1 heterocycles. The summed E-state index contributed by atoms with van der Waals surface area (Å²) in [5, 5.41) is 13.7. The van der Waals surface area contributed by atoms with Gasteiger partial charge in [0.2, 0.25) is 11.6 Å². The Morgan fingerprint density at radius 3 is 2.35 bits per heavy atom. The number of methoxy groups -OCH3 is 3. The highest BCUT2D eigenvalue weighted by molar-refractivity contribution is 6.23. The maximum Gasteiger partial charge on any atom is 0.405 e. The molecular formula is C29H40N2O9. The Balaban J connectivity index is 2.60. The molecule has 2 bridgehead atoms. The summed E-state index contributed by atoms with van der Waals surface area (Å²) >= 11 is 0. The van der Waals surface area contributed by atoms with Gasteiger partial charge < -0.3 is 35.1 Å². The highest BCUT2D eigenvalue weighted by atomic mass is 16.6. The normalized spacial score (nSPS) is 32.7. The van der Waals surface area contributed by atoms with Crippen LogP contribution >= 0.6 is 0 Å². The van der Waals surface area contributed by atoms with Crippen molar-refractivity contribution < 1.29 is 43.2 Å². The van der Waals surface area contributed by atoms with Crippen molar-refractivity contribution in [1.82, 2.24) is 5.32 Å². The zero-order valence-corrected chi connectivity index (χ0v) is 24.1. The summed E-state index contributed by atoms with van der Waals surface area (Å²) in [6.45, 7) is 6.92. The van der Waals surface area contributed by atoms with Crippen LogP contribution in [-0.4, -0.2) is 74.4 Å². The van der Waals surface area contributed by atoms with Crippen LogP contribution in [0.4, 0.5) is 4.79 Å². The minimum absolute atomic E-state index is 0.0801. The number of allylic oxidation sites excluding steroid dienone is 4. The number of carbonyl (C=O) groups excluding carboxylic acids is 4. The van der Waals surface area contributed by atoms with E-state index in [1.807, 2.05) is 6.92 Å². The van der Waals surface area contributed by atoms with E-state index in [2.05, 4.69) is 5.32 Å². The number of carbonyl (C=O) groups is 4. The molecule has 220 valence electrons. The van der Waals surface area contributed by atoms with E-state index in [9.17, 15) is 24.3 Å². The fourth-order valence-electron chi connectivity index (χ4n) is 4.78. The number of ether oxygens (including phenoxy) is 4. The van der Waals surface area contributed by atoms with Crippen LogP contribution in [0.5, 0.6) is 0 Å². The first-order valence-corrected chi connectivity index (χ1v) is 13.0. The Morgan fingerprint density at radius 2 is 1.77 bits per heavy atom. The van der Waals surface area contributed by atoms with Gasteiger partial charge in [-0.05, 0) is 38.2 Å². The Hall–Kier alpha value is -3.54. The van der Waals surface area contributed by atoms with Gasteiger partial charge in [-0.15, -0.1) is 0 Å².